The monoisotopic (exact) mass is 341 g/mol. The summed E-state index contributed by atoms with van der Waals surface area (Å²) in [7, 11) is 0. The van der Waals surface area contributed by atoms with Gasteiger partial charge in [-0.15, -0.1) is 35.1 Å². The van der Waals surface area contributed by atoms with Gasteiger partial charge in [-0.1, -0.05) is 6.07 Å². The molecular weight excluding hydrogens is 322 g/mol. The minimum atomic E-state index is 0. The zero-order chi connectivity index (χ0) is 13.4. The van der Waals surface area contributed by atoms with Gasteiger partial charge in [0.2, 0.25) is 0 Å². The van der Waals surface area contributed by atoms with Crippen molar-refractivity contribution in [1.29, 1.82) is 0 Å². The molecule has 4 rings (SSSR count). The molecule has 1 spiro atoms. The van der Waals surface area contributed by atoms with Gasteiger partial charge in [0, 0.05) is 25.0 Å². The Kier molecular flexibility index (Phi) is 4.66. The molecule has 0 saturated carbocycles. The number of nitrogens with zero attached hydrogens (tertiary/aromatic N) is 2. The van der Waals surface area contributed by atoms with Crippen LogP contribution in [0.2, 0.25) is 0 Å². The molecule has 2 aromatic heterocycles. The van der Waals surface area contributed by atoms with E-state index in [1.165, 1.54) is 54.6 Å². The lowest BCUT2D eigenvalue weighted by molar-refractivity contribution is 0.267. The van der Waals surface area contributed by atoms with Crippen molar-refractivity contribution in [2.45, 2.75) is 19.4 Å². The van der Waals surface area contributed by atoms with Crippen LogP contribution in [-0.4, -0.2) is 36.1 Å². The molecule has 0 aromatic carbocycles. The van der Waals surface area contributed by atoms with Crippen LogP contribution >= 0.6 is 35.1 Å². The Hall–Kier alpha value is -0.460. The number of thiophene rings is 1. The maximum Gasteiger partial charge on any atom is 0.133 e. The Morgan fingerprint density at radius 3 is 3.05 bits per heavy atom. The van der Waals surface area contributed by atoms with Crippen LogP contribution in [0.1, 0.15) is 18.5 Å². The Balaban J connectivity index is 0.00000132. The fourth-order valence-corrected chi connectivity index (χ4v) is 5.05. The molecule has 114 valence electrons. The molecule has 2 saturated heterocycles. The highest BCUT2D eigenvalue weighted by Gasteiger charge is 2.40. The largest absolute Gasteiger partial charge is 0.316 e. The fourth-order valence-electron chi connectivity index (χ4n) is 3.43. The smallest absolute Gasteiger partial charge is 0.133 e. The van der Waals surface area contributed by atoms with Crippen molar-refractivity contribution >= 4 is 35.1 Å². The van der Waals surface area contributed by atoms with E-state index in [1.54, 1.807) is 22.7 Å². The van der Waals surface area contributed by atoms with E-state index in [0.29, 0.717) is 5.41 Å². The molecule has 1 atom stereocenters. The number of likely N-dealkylation sites (tertiary alicyclic amines) is 1. The Morgan fingerprint density at radius 2 is 2.29 bits per heavy atom. The van der Waals surface area contributed by atoms with Crippen LogP contribution in [0, 0.1) is 5.41 Å². The summed E-state index contributed by atoms with van der Waals surface area (Å²) >= 11 is 3.55. The second-order valence-corrected chi connectivity index (χ2v) is 7.81. The maximum absolute atomic E-state index is 4.80. The minimum absolute atomic E-state index is 0. The molecule has 0 amide bonds. The quantitative estimate of drug-likeness (QED) is 0.926. The molecular formula is C15H20ClN3S2. The van der Waals surface area contributed by atoms with Gasteiger partial charge >= 0.3 is 0 Å². The molecule has 0 aliphatic carbocycles. The third kappa shape index (κ3) is 3.17. The van der Waals surface area contributed by atoms with Crippen LogP contribution in [0.25, 0.3) is 9.88 Å². The van der Waals surface area contributed by atoms with Gasteiger partial charge in [0.1, 0.15) is 5.01 Å². The van der Waals surface area contributed by atoms with Crippen LogP contribution in [0.4, 0.5) is 0 Å². The molecule has 1 unspecified atom stereocenters. The Morgan fingerprint density at radius 1 is 1.33 bits per heavy atom. The first-order valence-electron chi connectivity index (χ1n) is 7.24. The van der Waals surface area contributed by atoms with Gasteiger partial charge < -0.3 is 5.32 Å². The number of aromatic nitrogens is 1. The fraction of sp³-hybridized carbons (Fsp3) is 0.533. The first-order valence-corrected chi connectivity index (χ1v) is 9.00. The molecule has 3 nitrogen and oxygen atoms in total. The Labute approximate surface area is 139 Å². The molecule has 2 fully saturated rings. The van der Waals surface area contributed by atoms with Crippen molar-refractivity contribution in [3.8, 4) is 9.88 Å². The lowest BCUT2D eigenvalue weighted by atomic mass is 9.87. The summed E-state index contributed by atoms with van der Waals surface area (Å²) in [4.78, 5) is 8.68. The number of halogens is 1. The average molecular weight is 342 g/mol. The highest BCUT2D eigenvalue weighted by molar-refractivity contribution is 7.20. The average Bonchev–Trinajstić information content (AvgIpc) is 3.21. The predicted octanol–water partition coefficient (Wildman–Crippen LogP) is 3.48. The van der Waals surface area contributed by atoms with E-state index >= 15 is 0 Å². The highest BCUT2D eigenvalue weighted by Crippen LogP contribution is 2.37. The molecule has 2 aliphatic heterocycles. The van der Waals surface area contributed by atoms with E-state index in [9.17, 15) is 0 Å². The van der Waals surface area contributed by atoms with Crippen molar-refractivity contribution in [1.82, 2.24) is 15.2 Å². The zero-order valence-corrected chi connectivity index (χ0v) is 14.3. The summed E-state index contributed by atoms with van der Waals surface area (Å²) in [5.41, 5.74) is 1.80. The number of nitrogens with one attached hydrogen (secondary N) is 1. The summed E-state index contributed by atoms with van der Waals surface area (Å²) in [6.07, 6.45) is 2.70. The maximum atomic E-state index is 4.80. The molecule has 2 aliphatic rings. The van der Waals surface area contributed by atoms with Gasteiger partial charge in [0.15, 0.2) is 0 Å². The van der Waals surface area contributed by atoms with Gasteiger partial charge in [-0.3, -0.25) is 4.90 Å². The third-order valence-electron chi connectivity index (χ3n) is 4.52. The first kappa shape index (κ1) is 15.4. The lowest BCUT2D eigenvalue weighted by Gasteiger charge is -2.22. The van der Waals surface area contributed by atoms with Gasteiger partial charge in [-0.25, -0.2) is 4.98 Å². The van der Waals surface area contributed by atoms with E-state index in [4.69, 9.17) is 4.98 Å². The molecule has 0 bridgehead atoms. The molecule has 4 heterocycles. The van der Waals surface area contributed by atoms with Crippen LogP contribution < -0.4 is 5.32 Å². The van der Waals surface area contributed by atoms with Crippen LogP contribution in [0.3, 0.4) is 0 Å². The summed E-state index contributed by atoms with van der Waals surface area (Å²) in [5, 5.41) is 9.04. The van der Waals surface area contributed by atoms with Gasteiger partial charge in [-0.05, 0) is 42.8 Å². The lowest BCUT2D eigenvalue weighted by Crippen LogP contribution is -2.29. The van der Waals surface area contributed by atoms with Crippen molar-refractivity contribution < 1.29 is 0 Å². The van der Waals surface area contributed by atoms with Crippen molar-refractivity contribution in [2.75, 3.05) is 26.2 Å². The second-order valence-electron chi connectivity index (χ2n) is 6.01. The topological polar surface area (TPSA) is 28.2 Å². The molecule has 21 heavy (non-hydrogen) atoms. The van der Waals surface area contributed by atoms with Crippen molar-refractivity contribution in [2.24, 2.45) is 5.41 Å². The van der Waals surface area contributed by atoms with E-state index < -0.39 is 0 Å². The number of hydrogen-bond donors (Lipinski definition) is 1. The van der Waals surface area contributed by atoms with E-state index in [0.717, 1.165) is 6.54 Å². The van der Waals surface area contributed by atoms with E-state index in [1.807, 2.05) is 0 Å². The van der Waals surface area contributed by atoms with Gasteiger partial charge in [0.05, 0.1) is 10.6 Å². The first-order chi connectivity index (χ1) is 9.83. The van der Waals surface area contributed by atoms with Crippen LogP contribution in [0.15, 0.2) is 22.9 Å². The summed E-state index contributed by atoms with van der Waals surface area (Å²) in [6.45, 7) is 5.90. The van der Waals surface area contributed by atoms with E-state index in [-0.39, 0.29) is 12.4 Å². The molecule has 2 aromatic rings. The number of hydrogen-bond acceptors (Lipinski definition) is 5. The SMILES string of the molecule is Cl.c1csc(-c2nc(CN3CCC4(CCNC4)C3)cs2)c1. The highest BCUT2D eigenvalue weighted by atomic mass is 35.5. The summed E-state index contributed by atoms with van der Waals surface area (Å²) < 4.78 is 0. The van der Waals surface area contributed by atoms with Gasteiger partial charge in [-0.2, -0.15) is 0 Å². The second kappa shape index (κ2) is 6.34. The molecule has 1 N–H and O–H groups in total. The molecule has 6 heteroatoms. The normalized spacial score (nSPS) is 25.5. The standard InChI is InChI=1S/C15H19N3S2.ClH/c1-2-13(19-7-1)14-17-12(9-20-14)8-18-6-4-15(11-18)3-5-16-10-15;/h1-2,7,9,16H,3-6,8,10-11H2;1H. The third-order valence-corrected chi connectivity index (χ3v) is 6.45. The minimum Gasteiger partial charge on any atom is -0.316 e. The predicted molar refractivity (Wildman–Crippen MR) is 92.5 cm³/mol. The van der Waals surface area contributed by atoms with Crippen LogP contribution in [-0.2, 0) is 6.54 Å². The molecule has 0 radical (unpaired) electrons. The van der Waals surface area contributed by atoms with Crippen molar-refractivity contribution in [3.05, 3.63) is 28.6 Å². The summed E-state index contributed by atoms with van der Waals surface area (Å²) in [5.74, 6) is 0. The van der Waals surface area contributed by atoms with Gasteiger partial charge in [0.25, 0.3) is 0 Å². The Bertz CT molecular complexity index is 576. The van der Waals surface area contributed by atoms with Crippen LogP contribution in [0.5, 0.6) is 0 Å². The van der Waals surface area contributed by atoms with E-state index in [2.05, 4.69) is 33.1 Å². The summed E-state index contributed by atoms with van der Waals surface area (Å²) in [6, 6.07) is 4.25. The number of rotatable bonds is 3. The zero-order valence-electron chi connectivity index (χ0n) is 11.9. The van der Waals surface area contributed by atoms with Crippen molar-refractivity contribution in [3.63, 3.8) is 0 Å². The number of thiazole rings is 1.